The largest absolute Gasteiger partial charge is 0.336 e. The fourth-order valence-corrected chi connectivity index (χ4v) is 1.27. The second-order valence-corrected chi connectivity index (χ2v) is 3.93. The highest BCUT2D eigenvalue weighted by Gasteiger charge is 2.08. The van der Waals surface area contributed by atoms with Gasteiger partial charge in [-0.15, -0.1) is 0 Å². The molecule has 0 spiro atoms. The molecule has 1 aromatic rings. The Kier molecular flexibility index (Phi) is 4.79. The zero-order chi connectivity index (χ0) is 12.0. The first kappa shape index (κ1) is 12.5. The molecular formula is C12H19N3O. The Hall–Kier alpha value is -1.55. The van der Waals surface area contributed by atoms with E-state index in [2.05, 4.69) is 5.32 Å². The highest BCUT2D eigenvalue weighted by molar-refractivity contribution is 5.91. The molecule has 0 heterocycles. The Morgan fingerprint density at radius 1 is 1.19 bits per heavy atom. The molecule has 0 saturated carbocycles. The summed E-state index contributed by atoms with van der Waals surface area (Å²) in [6.45, 7) is 1.50. The van der Waals surface area contributed by atoms with Gasteiger partial charge < -0.3 is 10.2 Å². The summed E-state index contributed by atoms with van der Waals surface area (Å²) in [6, 6.07) is 9.50. The summed E-state index contributed by atoms with van der Waals surface area (Å²) in [5.41, 5.74) is 0.893. The van der Waals surface area contributed by atoms with Gasteiger partial charge in [0.25, 0.3) is 0 Å². The lowest BCUT2D eigenvalue weighted by molar-refractivity contribution is 0.246. The molecular weight excluding hydrogens is 202 g/mol. The van der Waals surface area contributed by atoms with Crippen molar-refractivity contribution in [1.82, 2.24) is 10.2 Å². The molecule has 4 nitrogen and oxygen atoms in total. The number of hydrogen-bond donors (Lipinski definition) is 1. The van der Waals surface area contributed by atoms with E-state index in [0.29, 0.717) is 6.54 Å². The molecule has 0 bridgehead atoms. The van der Waals surface area contributed by atoms with E-state index in [4.69, 9.17) is 0 Å². The predicted molar refractivity (Wildman–Crippen MR) is 66.8 cm³/mol. The Labute approximate surface area is 96.9 Å². The average Bonchev–Trinajstić information content (AvgIpc) is 2.28. The topological polar surface area (TPSA) is 35.6 Å². The van der Waals surface area contributed by atoms with Crippen LogP contribution in [-0.2, 0) is 0 Å². The minimum atomic E-state index is -0.0759. The molecule has 0 fully saturated rings. The molecule has 0 aliphatic carbocycles. The van der Waals surface area contributed by atoms with Gasteiger partial charge in [-0.1, -0.05) is 18.2 Å². The van der Waals surface area contributed by atoms with Crippen molar-refractivity contribution < 1.29 is 4.79 Å². The van der Waals surface area contributed by atoms with Gasteiger partial charge in [-0.3, -0.25) is 4.90 Å². The third-order valence-corrected chi connectivity index (χ3v) is 2.28. The van der Waals surface area contributed by atoms with Crippen molar-refractivity contribution in [2.24, 2.45) is 0 Å². The standard InChI is InChI=1S/C12H19N3O/c1-14(2)10-9-13-12(16)15(3)11-7-5-4-6-8-11/h4-8H,9-10H2,1-3H3,(H,13,16). The Morgan fingerprint density at radius 2 is 1.81 bits per heavy atom. The molecule has 1 N–H and O–H groups in total. The number of para-hydroxylation sites is 1. The van der Waals surface area contributed by atoms with Crippen LogP contribution in [0.5, 0.6) is 0 Å². The molecule has 2 amide bonds. The zero-order valence-electron chi connectivity index (χ0n) is 10.1. The first-order valence-electron chi connectivity index (χ1n) is 5.32. The van der Waals surface area contributed by atoms with Crippen LogP contribution in [0.4, 0.5) is 10.5 Å². The first-order chi connectivity index (χ1) is 7.61. The van der Waals surface area contributed by atoms with Crippen LogP contribution in [0.3, 0.4) is 0 Å². The minimum Gasteiger partial charge on any atom is -0.336 e. The van der Waals surface area contributed by atoms with E-state index in [0.717, 1.165) is 12.2 Å². The molecule has 0 aliphatic rings. The van der Waals surface area contributed by atoms with E-state index < -0.39 is 0 Å². The van der Waals surface area contributed by atoms with E-state index in [1.807, 2.05) is 49.3 Å². The number of hydrogen-bond acceptors (Lipinski definition) is 2. The predicted octanol–water partition coefficient (Wildman–Crippen LogP) is 1.39. The smallest absolute Gasteiger partial charge is 0.321 e. The lowest BCUT2D eigenvalue weighted by Crippen LogP contribution is -2.40. The number of nitrogens with zero attached hydrogens (tertiary/aromatic N) is 2. The molecule has 0 saturated heterocycles. The van der Waals surface area contributed by atoms with Gasteiger partial charge in [0.05, 0.1) is 0 Å². The number of benzene rings is 1. The summed E-state index contributed by atoms with van der Waals surface area (Å²) < 4.78 is 0. The van der Waals surface area contributed by atoms with Gasteiger partial charge in [0.1, 0.15) is 0 Å². The Balaban J connectivity index is 2.43. The van der Waals surface area contributed by atoms with E-state index in [1.165, 1.54) is 0 Å². The minimum absolute atomic E-state index is 0.0759. The number of urea groups is 1. The van der Waals surface area contributed by atoms with Crippen molar-refractivity contribution in [2.75, 3.05) is 39.1 Å². The van der Waals surface area contributed by atoms with Crippen LogP contribution in [0.2, 0.25) is 0 Å². The summed E-state index contributed by atoms with van der Waals surface area (Å²) >= 11 is 0. The summed E-state index contributed by atoms with van der Waals surface area (Å²) in [5.74, 6) is 0. The highest BCUT2D eigenvalue weighted by Crippen LogP contribution is 2.10. The number of rotatable bonds is 4. The molecule has 0 unspecified atom stereocenters. The van der Waals surface area contributed by atoms with Crippen molar-refractivity contribution in [3.63, 3.8) is 0 Å². The monoisotopic (exact) mass is 221 g/mol. The number of amides is 2. The van der Waals surface area contributed by atoms with Crippen molar-refractivity contribution in [1.29, 1.82) is 0 Å². The molecule has 0 aliphatic heterocycles. The fourth-order valence-electron chi connectivity index (χ4n) is 1.27. The molecule has 4 heteroatoms. The average molecular weight is 221 g/mol. The maximum Gasteiger partial charge on any atom is 0.321 e. The molecule has 0 aromatic heterocycles. The van der Waals surface area contributed by atoms with Crippen LogP contribution < -0.4 is 10.2 Å². The Bertz CT molecular complexity index is 324. The highest BCUT2D eigenvalue weighted by atomic mass is 16.2. The van der Waals surface area contributed by atoms with Crippen molar-refractivity contribution in [3.05, 3.63) is 30.3 Å². The van der Waals surface area contributed by atoms with Crippen LogP contribution >= 0.6 is 0 Å². The van der Waals surface area contributed by atoms with Crippen LogP contribution in [0.15, 0.2) is 30.3 Å². The summed E-state index contributed by atoms with van der Waals surface area (Å²) in [7, 11) is 5.72. The number of carbonyl (C=O) groups excluding carboxylic acids is 1. The number of nitrogens with one attached hydrogen (secondary N) is 1. The number of anilines is 1. The van der Waals surface area contributed by atoms with Gasteiger partial charge in [0, 0.05) is 25.8 Å². The molecule has 0 atom stereocenters. The van der Waals surface area contributed by atoms with Crippen molar-refractivity contribution in [3.8, 4) is 0 Å². The lowest BCUT2D eigenvalue weighted by atomic mass is 10.3. The van der Waals surface area contributed by atoms with Crippen LogP contribution in [-0.4, -0.2) is 45.2 Å². The van der Waals surface area contributed by atoms with Gasteiger partial charge >= 0.3 is 6.03 Å². The quantitative estimate of drug-likeness (QED) is 0.834. The van der Waals surface area contributed by atoms with E-state index in [1.54, 1.807) is 11.9 Å². The third kappa shape index (κ3) is 3.90. The SMILES string of the molecule is CN(C)CCNC(=O)N(C)c1ccccc1. The summed E-state index contributed by atoms with van der Waals surface area (Å²) in [6.07, 6.45) is 0. The number of carbonyl (C=O) groups is 1. The van der Waals surface area contributed by atoms with Crippen molar-refractivity contribution >= 4 is 11.7 Å². The van der Waals surface area contributed by atoms with Crippen LogP contribution in [0.1, 0.15) is 0 Å². The molecule has 1 aromatic carbocycles. The molecule has 16 heavy (non-hydrogen) atoms. The van der Waals surface area contributed by atoms with Gasteiger partial charge in [0.15, 0.2) is 0 Å². The summed E-state index contributed by atoms with van der Waals surface area (Å²) in [4.78, 5) is 15.4. The Morgan fingerprint density at radius 3 is 2.38 bits per heavy atom. The molecule has 0 radical (unpaired) electrons. The second kappa shape index (κ2) is 6.12. The summed E-state index contributed by atoms with van der Waals surface area (Å²) in [5, 5.41) is 2.86. The first-order valence-corrected chi connectivity index (χ1v) is 5.32. The third-order valence-electron chi connectivity index (χ3n) is 2.28. The van der Waals surface area contributed by atoms with Crippen LogP contribution in [0.25, 0.3) is 0 Å². The molecule has 1 rings (SSSR count). The van der Waals surface area contributed by atoms with Crippen LogP contribution in [0, 0.1) is 0 Å². The fraction of sp³-hybridized carbons (Fsp3) is 0.417. The second-order valence-electron chi connectivity index (χ2n) is 3.93. The van der Waals surface area contributed by atoms with Gasteiger partial charge in [-0.25, -0.2) is 4.79 Å². The van der Waals surface area contributed by atoms with Gasteiger partial charge in [0.2, 0.25) is 0 Å². The van der Waals surface area contributed by atoms with E-state index >= 15 is 0 Å². The maximum atomic E-state index is 11.7. The maximum absolute atomic E-state index is 11.7. The van der Waals surface area contributed by atoms with E-state index in [9.17, 15) is 4.79 Å². The number of likely N-dealkylation sites (N-methyl/N-ethyl adjacent to an activating group) is 1. The normalized spacial score (nSPS) is 10.2. The molecule has 88 valence electrons. The zero-order valence-corrected chi connectivity index (χ0v) is 10.1. The van der Waals surface area contributed by atoms with Gasteiger partial charge in [-0.2, -0.15) is 0 Å². The van der Waals surface area contributed by atoms with Crippen molar-refractivity contribution in [2.45, 2.75) is 0 Å². The van der Waals surface area contributed by atoms with Gasteiger partial charge in [-0.05, 0) is 26.2 Å². The van der Waals surface area contributed by atoms with E-state index in [-0.39, 0.29) is 6.03 Å². The lowest BCUT2D eigenvalue weighted by Gasteiger charge is -2.18.